The third-order valence-electron chi connectivity index (χ3n) is 4.38. The second-order valence-corrected chi connectivity index (χ2v) is 7.42. The van der Waals surface area contributed by atoms with Crippen LogP contribution in [0.4, 0.5) is 0 Å². The minimum atomic E-state index is -3.81. The quantitative estimate of drug-likeness (QED) is 0.759. The predicted octanol–water partition coefficient (Wildman–Crippen LogP) is 4.50. The van der Waals surface area contributed by atoms with Gasteiger partial charge in [-0.25, -0.2) is 0 Å². The predicted molar refractivity (Wildman–Crippen MR) is 91.4 cm³/mol. The smallest absolute Gasteiger partial charge is 0.255 e. The molecule has 0 radical (unpaired) electrons. The zero-order valence-corrected chi connectivity index (χ0v) is 13.8. The highest BCUT2D eigenvalue weighted by molar-refractivity contribution is 7.86. The molecule has 4 heteroatoms. The maximum absolute atomic E-state index is 12.7. The molecule has 0 unspecified atom stereocenters. The van der Waals surface area contributed by atoms with Crippen molar-refractivity contribution in [3.05, 3.63) is 72.3 Å². The summed E-state index contributed by atoms with van der Waals surface area (Å²) >= 11 is 0. The maximum Gasteiger partial charge on any atom is 0.297 e. The van der Waals surface area contributed by atoms with Crippen LogP contribution in [0.15, 0.2) is 66.1 Å². The van der Waals surface area contributed by atoms with Gasteiger partial charge in [-0.05, 0) is 36.1 Å². The molecule has 0 atom stereocenters. The molecule has 3 rings (SSSR count). The number of hydrogen-bond acceptors (Lipinski definition) is 3. The van der Waals surface area contributed by atoms with Crippen molar-refractivity contribution in [1.29, 1.82) is 0 Å². The fourth-order valence-electron chi connectivity index (χ4n) is 3.14. The van der Waals surface area contributed by atoms with Crippen molar-refractivity contribution in [1.82, 2.24) is 0 Å². The Labute approximate surface area is 137 Å². The number of rotatable bonds is 5. The first-order valence-corrected chi connectivity index (χ1v) is 9.20. The summed E-state index contributed by atoms with van der Waals surface area (Å²) in [4.78, 5) is 0.185. The van der Waals surface area contributed by atoms with Gasteiger partial charge in [-0.3, -0.25) is 4.18 Å². The molecule has 2 aromatic rings. The molecule has 1 saturated carbocycles. The van der Waals surface area contributed by atoms with Crippen LogP contribution >= 0.6 is 0 Å². The van der Waals surface area contributed by atoms with Crippen LogP contribution in [0.1, 0.15) is 36.8 Å². The Morgan fingerprint density at radius 3 is 2.13 bits per heavy atom. The van der Waals surface area contributed by atoms with Crippen LogP contribution in [0.5, 0.6) is 0 Å². The van der Waals surface area contributed by atoms with Crippen molar-refractivity contribution >= 4 is 16.2 Å². The monoisotopic (exact) mass is 328 g/mol. The van der Waals surface area contributed by atoms with E-state index < -0.39 is 15.7 Å². The lowest BCUT2D eigenvalue weighted by molar-refractivity contribution is 0.0822. The van der Waals surface area contributed by atoms with E-state index in [1.54, 1.807) is 30.3 Å². The second-order valence-electron chi connectivity index (χ2n) is 5.88. The van der Waals surface area contributed by atoms with Crippen molar-refractivity contribution in [2.75, 3.05) is 0 Å². The van der Waals surface area contributed by atoms with E-state index in [2.05, 4.69) is 6.58 Å². The molecular weight excluding hydrogens is 308 g/mol. The molecule has 0 heterocycles. The van der Waals surface area contributed by atoms with E-state index >= 15 is 0 Å². The molecule has 0 bridgehead atoms. The first-order chi connectivity index (χ1) is 11.1. The van der Waals surface area contributed by atoms with Crippen LogP contribution in [-0.2, 0) is 19.9 Å². The molecule has 0 amide bonds. The number of hydrogen-bond donors (Lipinski definition) is 0. The molecule has 0 spiro atoms. The van der Waals surface area contributed by atoms with Gasteiger partial charge in [0.1, 0.15) is 5.60 Å². The zero-order chi connectivity index (χ0) is 16.3. The largest absolute Gasteiger partial charge is 0.297 e. The van der Waals surface area contributed by atoms with Gasteiger partial charge >= 0.3 is 0 Å². The van der Waals surface area contributed by atoms with E-state index in [-0.39, 0.29) is 4.90 Å². The lowest BCUT2D eigenvalue weighted by Gasteiger charge is -2.29. The number of benzene rings is 2. The Bertz CT molecular complexity index is 771. The van der Waals surface area contributed by atoms with Gasteiger partial charge < -0.3 is 0 Å². The summed E-state index contributed by atoms with van der Waals surface area (Å²) in [6, 6.07) is 16.3. The average molecular weight is 328 g/mol. The SMILES string of the molecule is C=Cc1ccc(S(=O)(=O)OC2(c3ccccc3)CCCC2)cc1. The van der Waals surface area contributed by atoms with Crippen LogP contribution in [0.25, 0.3) is 6.08 Å². The van der Waals surface area contributed by atoms with Crippen LogP contribution in [0.2, 0.25) is 0 Å². The Balaban J connectivity index is 1.94. The standard InChI is InChI=1S/C19H20O3S/c1-2-16-10-12-18(13-11-16)23(20,21)22-19(14-6-7-15-19)17-8-4-3-5-9-17/h2-5,8-13H,1,6-7,14-15H2. The van der Waals surface area contributed by atoms with Crippen LogP contribution in [-0.4, -0.2) is 8.42 Å². The van der Waals surface area contributed by atoms with Gasteiger partial charge in [-0.2, -0.15) is 8.42 Å². The Morgan fingerprint density at radius 1 is 0.957 bits per heavy atom. The third-order valence-corrected chi connectivity index (χ3v) is 5.77. The lowest BCUT2D eigenvalue weighted by Crippen LogP contribution is -2.29. The highest BCUT2D eigenvalue weighted by atomic mass is 32.2. The van der Waals surface area contributed by atoms with Gasteiger partial charge in [-0.1, -0.05) is 68.0 Å². The molecule has 1 aliphatic carbocycles. The van der Waals surface area contributed by atoms with E-state index in [0.29, 0.717) is 0 Å². The van der Waals surface area contributed by atoms with Crippen molar-refractivity contribution < 1.29 is 12.6 Å². The van der Waals surface area contributed by atoms with Crippen molar-refractivity contribution in [2.45, 2.75) is 36.2 Å². The highest BCUT2D eigenvalue weighted by Gasteiger charge is 2.41. The summed E-state index contributed by atoms with van der Waals surface area (Å²) in [7, 11) is -3.81. The molecule has 0 N–H and O–H groups in total. The zero-order valence-electron chi connectivity index (χ0n) is 12.9. The molecule has 23 heavy (non-hydrogen) atoms. The van der Waals surface area contributed by atoms with Crippen LogP contribution in [0.3, 0.4) is 0 Å². The minimum Gasteiger partial charge on any atom is -0.255 e. The van der Waals surface area contributed by atoms with E-state index in [1.807, 2.05) is 30.3 Å². The van der Waals surface area contributed by atoms with E-state index in [0.717, 1.165) is 36.8 Å². The normalized spacial score (nSPS) is 17.0. The Hall–Kier alpha value is -1.91. The summed E-state index contributed by atoms with van der Waals surface area (Å²) in [5.74, 6) is 0. The molecular formula is C19H20O3S. The van der Waals surface area contributed by atoms with E-state index in [1.165, 1.54) is 0 Å². The summed E-state index contributed by atoms with van der Waals surface area (Å²) < 4.78 is 31.2. The van der Waals surface area contributed by atoms with Crippen molar-refractivity contribution in [3.63, 3.8) is 0 Å². The van der Waals surface area contributed by atoms with Gasteiger partial charge in [0.15, 0.2) is 0 Å². The van der Waals surface area contributed by atoms with E-state index in [4.69, 9.17) is 4.18 Å². The van der Waals surface area contributed by atoms with Gasteiger partial charge in [0, 0.05) is 0 Å². The summed E-state index contributed by atoms with van der Waals surface area (Å²) in [5.41, 5.74) is 1.07. The van der Waals surface area contributed by atoms with Gasteiger partial charge in [0.05, 0.1) is 4.90 Å². The van der Waals surface area contributed by atoms with Crippen molar-refractivity contribution in [3.8, 4) is 0 Å². The highest BCUT2D eigenvalue weighted by Crippen LogP contribution is 2.44. The van der Waals surface area contributed by atoms with Gasteiger partial charge in [0.25, 0.3) is 10.1 Å². The lowest BCUT2D eigenvalue weighted by atomic mass is 9.92. The van der Waals surface area contributed by atoms with Crippen molar-refractivity contribution in [2.24, 2.45) is 0 Å². The van der Waals surface area contributed by atoms with E-state index in [9.17, 15) is 8.42 Å². The fraction of sp³-hybridized carbons (Fsp3) is 0.263. The first-order valence-electron chi connectivity index (χ1n) is 7.79. The van der Waals surface area contributed by atoms with Crippen LogP contribution in [0, 0.1) is 0 Å². The molecule has 2 aromatic carbocycles. The second kappa shape index (κ2) is 6.30. The average Bonchev–Trinajstić information content (AvgIpc) is 3.05. The molecule has 0 saturated heterocycles. The van der Waals surface area contributed by atoms with Gasteiger partial charge in [-0.15, -0.1) is 0 Å². The summed E-state index contributed by atoms with van der Waals surface area (Å²) in [5, 5.41) is 0. The van der Waals surface area contributed by atoms with Crippen LogP contribution < -0.4 is 0 Å². The molecule has 0 aromatic heterocycles. The maximum atomic E-state index is 12.7. The molecule has 1 fully saturated rings. The topological polar surface area (TPSA) is 43.4 Å². The Kier molecular flexibility index (Phi) is 4.37. The summed E-state index contributed by atoms with van der Waals surface area (Å²) in [6.45, 7) is 3.68. The molecule has 0 aliphatic heterocycles. The minimum absolute atomic E-state index is 0.185. The molecule has 1 aliphatic rings. The fourth-order valence-corrected chi connectivity index (χ4v) is 4.39. The summed E-state index contributed by atoms with van der Waals surface area (Å²) in [6.07, 6.45) is 5.07. The van der Waals surface area contributed by atoms with Gasteiger partial charge in [0.2, 0.25) is 0 Å². The molecule has 3 nitrogen and oxygen atoms in total. The molecule has 120 valence electrons. The third kappa shape index (κ3) is 3.23. The first kappa shape index (κ1) is 16.0. The Morgan fingerprint density at radius 2 is 1.57 bits per heavy atom.